The summed E-state index contributed by atoms with van der Waals surface area (Å²) in [4.78, 5) is 0. The molecule has 0 saturated heterocycles. The van der Waals surface area contributed by atoms with E-state index in [0.717, 1.165) is 25.1 Å². The minimum Gasteiger partial charge on any atom is -0.490 e. The number of rotatable bonds is 4. The van der Waals surface area contributed by atoms with Crippen LogP contribution in [0, 0.1) is 18.3 Å². The quantitative estimate of drug-likeness (QED) is 0.894. The van der Waals surface area contributed by atoms with Crippen LogP contribution in [0.15, 0.2) is 18.2 Å². The van der Waals surface area contributed by atoms with Gasteiger partial charge in [0.1, 0.15) is 11.9 Å². The fourth-order valence-corrected chi connectivity index (χ4v) is 2.89. The summed E-state index contributed by atoms with van der Waals surface area (Å²) in [6.45, 7) is 10.2. The van der Waals surface area contributed by atoms with Crippen LogP contribution in [0.3, 0.4) is 0 Å². The maximum Gasteiger partial charge on any atom is 0.123 e. The SMILES string of the molecule is CNCC(CC1Cc2cc(C)ccc2O1)C(C)(C)C. The molecule has 2 rings (SSSR count). The molecule has 0 radical (unpaired) electrons. The highest BCUT2D eigenvalue weighted by molar-refractivity contribution is 5.40. The lowest BCUT2D eigenvalue weighted by Gasteiger charge is -2.32. The van der Waals surface area contributed by atoms with E-state index in [1.165, 1.54) is 11.1 Å². The Bertz CT molecular complexity index is 433. The zero-order chi connectivity index (χ0) is 14.0. The lowest BCUT2D eigenvalue weighted by molar-refractivity contribution is 0.135. The highest BCUT2D eigenvalue weighted by Crippen LogP contribution is 2.36. The number of hydrogen-bond donors (Lipinski definition) is 1. The van der Waals surface area contributed by atoms with E-state index in [0.29, 0.717) is 17.4 Å². The van der Waals surface area contributed by atoms with Gasteiger partial charge in [0.15, 0.2) is 0 Å². The molecule has 1 aliphatic heterocycles. The highest BCUT2D eigenvalue weighted by atomic mass is 16.5. The van der Waals surface area contributed by atoms with Crippen LogP contribution in [0.25, 0.3) is 0 Å². The van der Waals surface area contributed by atoms with Gasteiger partial charge in [-0.2, -0.15) is 0 Å². The van der Waals surface area contributed by atoms with Crippen molar-refractivity contribution in [3.8, 4) is 5.75 Å². The van der Waals surface area contributed by atoms with Crippen molar-refractivity contribution in [3.05, 3.63) is 29.3 Å². The molecule has 2 unspecified atom stereocenters. The van der Waals surface area contributed by atoms with Gasteiger partial charge in [-0.05, 0) is 49.9 Å². The number of nitrogens with one attached hydrogen (secondary N) is 1. The predicted molar refractivity (Wildman–Crippen MR) is 80.8 cm³/mol. The molecule has 106 valence electrons. The third-order valence-electron chi connectivity index (χ3n) is 4.18. The molecule has 19 heavy (non-hydrogen) atoms. The Morgan fingerprint density at radius 1 is 1.37 bits per heavy atom. The van der Waals surface area contributed by atoms with Gasteiger partial charge in [0.25, 0.3) is 0 Å². The molecule has 0 spiro atoms. The molecule has 0 amide bonds. The summed E-state index contributed by atoms with van der Waals surface area (Å²) in [5.74, 6) is 1.73. The summed E-state index contributed by atoms with van der Waals surface area (Å²) < 4.78 is 6.11. The molecular formula is C17H27NO. The van der Waals surface area contributed by atoms with Crippen LogP contribution in [0.1, 0.15) is 38.3 Å². The lowest BCUT2D eigenvalue weighted by atomic mass is 9.77. The monoisotopic (exact) mass is 261 g/mol. The average Bonchev–Trinajstić information content (AvgIpc) is 2.68. The van der Waals surface area contributed by atoms with Crippen LogP contribution in [-0.2, 0) is 6.42 Å². The normalized spacial score (nSPS) is 19.9. The van der Waals surface area contributed by atoms with E-state index in [1.807, 2.05) is 7.05 Å². The second kappa shape index (κ2) is 5.54. The van der Waals surface area contributed by atoms with Crippen molar-refractivity contribution in [1.29, 1.82) is 0 Å². The van der Waals surface area contributed by atoms with Gasteiger partial charge in [0.2, 0.25) is 0 Å². The molecule has 0 saturated carbocycles. The van der Waals surface area contributed by atoms with E-state index >= 15 is 0 Å². The van der Waals surface area contributed by atoms with Gasteiger partial charge in [-0.3, -0.25) is 0 Å². The van der Waals surface area contributed by atoms with Gasteiger partial charge in [-0.15, -0.1) is 0 Å². The van der Waals surface area contributed by atoms with E-state index < -0.39 is 0 Å². The first-order valence-electron chi connectivity index (χ1n) is 7.31. The molecule has 0 fully saturated rings. The zero-order valence-corrected chi connectivity index (χ0v) is 12.9. The number of aryl methyl sites for hydroxylation is 1. The number of hydrogen-bond acceptors (Lipinski definition) is 2. The van der Waals surface area contributed by atoms with Crippen LogP contribution in [0.2, 0.25) is 0 Å². The molecule has 2 atom stereocenters. The molecule has 1 heterocycles. The average molecular weight is 261 g/mol. The predicted octanol–water partition coefficient (Wildman–Crippen LogP) is 3.57. The second-order valence-corrected chi connectivity index (χ2v) is 6.91. The van der Waals surface area contributed by atoms with Crippen LogP contribution in [-0.4, -0.2) is 19.7 Å². The van der Waals surface area contributed by atoms with Crippen molar-refractivity contribution in [2.45, 2.75) is 46.6 Å². The Kier molecular flexibility index (Phi) is 4.19. The van der Waals surface area contributed by atoms with Crippen molar-refractivity contribution >= 4 is 0 Å². The van der Waals surface area contributed by atoms with Gasteiger partial charge in [-0.25, -0.2) is 0 Å². The third kappa shape index (κ3) is 3.50. The first-order valence-corrected chi connectivity index (χ1v) is 7.31. The molecule has 0 aromatic heterocycles. The van der Waals surface area contributed by atoms with Crippen LogP contribution in [0.5, 0.6) is 5.75 Å². The third-order valence-corrected chi connectivity index (χ3v) is 4.18. The Morgan fingerprint density at radius 2 is 2.11 bits per heavy atom. The summed E-state index contributed by atoms with van der Waals surface area (Å²) in [5, 5.41) is 3.32. The van der Waals surface area contributed by atoms with Crippen LogP contribution >= 0.6 is 0 Å². The van der Waals surface area contributed by atoms with Gasteiger partial charge in [0.05, 0.1) is 0 Å². The molecule has 1 N–H and O–H groups in total. The topological polar surface area (TPSA) is 21.3 Å². The number of benzene rings is 1. The minimum atomic E-state index is 0.317. The highest BCUT2D eigenvalue weighted by Gasteiger charge is 2.31. The molecule has 0 aliphatic carbocycles. The standard InChI is InChI=1S/C17H27NO/c1-12-6-7-16-13(8-12)9-15(19-16)10-14(11-18-5)17(2,3)4/h6-8,14-15,18H,9-11H2,1-5H3. The first-order chi connectivity index (χ1) is 8.90. The molecular weight excluding hydrogens is 234 g/mol. The van der Waals surface area contributed by atoms with E-state index in [2.05, 4.69) is 51.2 Å². The van der Waals surface area contributed by atoms with E-state index in [9.17, 15) is 0 Å². The lowest BCUT2D eigenvalue weighted by Crippen LogP contribution is -2.34. The van der Waals surface area contributed by atoms with Gasteiger partial charge < -0.3 is 10.1 Å². The van der Waals surface area contributed by atoms with Crippen LogP contribution in [0.4, 0.5) is 0 Å². The van der Waals surface area contributed by atoms with Crippen molar-refractivity contribution in [1.82, 2.24) is 5.32 Å². The smallest absolute Gasteiger partial charge is 0.123 e. The largest absolute Gasteiger partial charge is 0.490 e. The van der Waals surface area contributed by atoms with Crippen molar-refractivity contribution < 1.29 is 4.74 Å². The maximum atomic E-state index is 6.11. The fourth-order valence-electron chi connectivity index (χ4n) is 2.89. The number of fused-ring (bicyclic) bond motifs is 1. The van der Waals surface area contributed by atoms with E-state index in [4.69, 9.17) is 4.74 Å². The van der Waals surface area contributed by atoms with E-state index in [-0.39, 0.29) is 0 Å². The Balaban J connectivity index is 2.02. The molecule has 2 nitrogen and oxygen atoms in total. The molecule has 2 heteroatoms. The van der Waals surface area contributed by atoms with Crippen molar-refractivity contribution in [3.63, 3.8) is 0 Å². The summed E-state index contributed by atoms with van der Waals surface area (Å²) >= 11 is 0. The van der Waals surface area contributed by atoms with E-state index in [1.54, 1.807) is 0 Å². The molecule has 1 aliphatic rings. The molecule has 1 aromatic rings. The first kappa shape index (κ1) is 14.4. The Hall–Kier alpha value is -1.02. The van der Waals surface area contributed by atoms with Crippen LogP contribution < -0.4 is 10.1 Å². The summed E-state index contributed by atoms with van der Waals surface area (Å²) in [5.41, 5.74) is 3.02. The Morgan fingerprint density at radius 3 is 2.74 bits per heavy atom. The van der Waals surface area contributed by atoms with Gasteiger partial charge >= 0.3 is 0 Å². The summed E-state index contributed by atoms with van der Waals surface area (Å²) in [7, 11) is 2.03. The summed E-state index contributed by atoms with van der Waals surface area (Å²) in [6.07, 6.45) is 2.53. The van der Waals surface area contributed by atoms with Crippen molar-refractivity contribution in [2.75, 3.05) is 13.6 Å². The number of ether oxygens (including phenoxy) is 1. The van der Waals surface area contributed by atoms with Gasteiger partial charge in [0, 0.05) is 6.42 Å². The molecule has 1 aromatic carbocycles. The maximum absolute atomic E-state index is 6.11. The Labute approximate surface area is 117 Å². The van der Waals surface area contributed by atoms with Gasteiger partial charge in [-0.1, -0.05) is 38.5 Å². The van der Waals surface area contributed by atoms with Crippen molar-refractivity contribution in [2.24, 2.45) is 11.3 Å². The second-order valence-electron chi connectivity index (χ2n) is 6.91. The fraction of sp³-hybridized carbons (Fsp3) is 0.647. The minimum absolute atomic E-state index is 0.317. The molecule has 0 bridgehead atoms. The zero-order valence-electron chi connectivity index (χ0n) is 12.9. The summed E-state index contributed by atoms with van der Waals surface area (Å²) in [6, 6.07) is 6.52.